The first-order valence-electron chi connectivity index (χ1n) is 7.17. The lowest BCUT2D eigenvalue weighted by Crippen LogP contribution is -2.42. The molecule has 0 radical (unpaired) electrons. The van der Waals surface area contributed by atoms with Crippen LogP contribution in [0.25, 0.3) is 0 Å². The Labute approximate surface area is 123 Å². The third kappa shape index (κ3) is 4.29. The average molecular weight is 294 g/mol. The van der Waals surface area contributed by atoms with Crippen LogP contribution in [-0.4, -0.2) is 56.8 Å². The zero-order chi connectivity index (χ0) is 15.4. The van der Waals surface area contributed by atoms with Gasteiger partial charge in [-0.25, -0.2) is 0 Å². The Hall–Kier alpha value is -1.89. The van der Waals surface area contributed by atoms with E-state index in [0.29, 0.717) is 25.9 Å². The largest absolute Gasteiger partial charge is 0.391 e. The van der Waals surface area contributed by atoms with Crippen LogP contribution in [0.5, 0.6) is 0 Å². The van der Waals surface area contributed by atoms with E-state index in [1.54, 1.807) is 15.8 Å². The molecule has 0 unspecified atom stereocenters. The number of hydrogen-bond acceptors (Lipinski definition) is 4. The van der Waals surface area contributed by atoms with Gasteiger partial charge in [0.25, 0.3) is 0 Å². The highest BCUT2D eigenvalue weighted by Crippen LogP contribution is 2.13. The summed E-state index contributed by atoms with van der Waals surface area (Å²) in [4.78, 5) is 25.1. The van der Waals surface area contributed by atoms with E-state index in [1.807, 2.05) is 13.1 Å². The van der Waals surface area contributed by atoms with Gasteiger partial charge in [0, 0.05) is 26.2 Å². The number of likely N-dealkylation sites (tertiary alicyclic amines) is 1. The van der Waals surface area contributed by atoms with Crippen LogP contribution < -0.4 is 5.32 Å². The molecule has 1 aliphatic heterocycles. The summed E-state index contributed by atoms with van der Waals surface area (Å²) in [5, 5.41) is 16.9. The van der Waals surface area contributed by atoms with Crippen molar-refractivity contribution < 1.29 is 14.7 Å². The van der Waals surface area contributed by atoms with Crippen LogP contribution in [0.15, 0.2) is 12.4 Å². The number of carbonyl (C=O) groups is 2. The summed E-state index contributed by atoms with van der Waals surface area (Å²) in [6.07, 6.45) is 3.95. The lowest BCUT2D eigenvalue weighted by molar-refractivity contribution is -0.132. The Morgan fingerprint density at radius 3 is 2.76 bits per heavy atom. The molecule has 1 aromatic rings. The van der Waals surface area contributed by atoms with E-state index in [9.17, 15) is 14.7 Å². The fourth-order valence-corrected chi connectivity index (χ4v) is 2.56. The number of rotatable bonds is 3. The maximum Gasteiger partial charge on any atom is 0.244 e. The Bertz CT molecular complexity index is 514. The van der Waals surface area contributed by atoms with Gasteiger partial charge in [-0.15, -0.1) is 0 Å². The normalized spacial score (nSPS) is 22.7. The van der Waals surface area contributed by atoms with Crippen LogP contribution in [0.2, 0.25) is 0 Å². The van der Waals surface area contributed by atoms with Gasteiger partial charge in [-0.1, -0.05) is 0 Å². The molecule has 2 N–H and O–H groups in total. The van der Waals surface area contributed by atoms with Crippen LogP contribution in [0, 0.1) is 6.92 Å². The Kier molecular flexibility index (Phi) is 4.95. The summed E-state index contributed by atoms with van der Waals surface area (Å²) in [7, 11) is 0. The molecular weight excluding hydrogens is 272 g/mol. The number of carbonyl (C=O) groups excluding carboxylic acids is 2. The van der Waals surface area contributed by atoms with E-state index in [4.69, 9.17) is 0 Å². The molecule has 1 aliphatic rings. The summed E-state index contributed by atoms with van der Waals surface area (Å²) in [6, 6.07) is -0.285. The van der Waals surface area contributed by atoms with Gasteiger partial charge < -0.3 is 15.3 Å². The van der Waals surface area contributed by atoms with Crippen LogP contribution >= 0.6 is 0 Å². The third-order valence-electron chi connectivity index (χ3n) is 3.67. The molecule has 116 valence electrons. The third-order valence-corrected chi connectivity index (χ3v) is 3.67. The Morgan fingerprint density at radius 1 is 1.43 bits per heavy atom. The van der Waals surface area contributed by atoms with Crippen LogP contribution in [0.4, 0.5) is 0 Å². The zero-order valence-corrected chi connectivity index (χ0v) is 12.5. The highest BCUT2D eigenvalue weighted by Gasteiger charge is 2.27. The number of amides is 2. The first kappa shape index (κ1) is 15.5. The predicted molar refractivity (Wildman–Crippen MR) is 76.4 cm³/mol. The highest BCUT2D eigenvalue weighted by atomic mass is 16.3. The molecule has 2 heterocycles. The van der Waals surface area contributed by atoms with Crippen molar-refractivity contribution in [1.82, 2.24) is 20.0 Å². The number of hydrogen-bond donors (Lipinski definition) is 2. The van der Waals surface area contributed by atoms with Crippen molar-refractivity contribution in [2.24, 2.45) is 0 Å². The average Bonchev–Trinajstić information content (AvgIpc) is 2.72. The lowest BCUT2D eigenvalue weighted by Gasteiger charge is -2.21. The van der Waals surface area contributed by atoms with Crippen molar-refractivity contribution in [1.29, 1.82) is 0 Å². The molecule has 0 saturated carbocycles. The second kappa shape index (κ2) is 6.71. The minimum absolute atomic E-state index is 0.0197. The maximum atomic E-state index is 12.3. The molecule has 2 atom stereocenters. The first-order valence-corrected chi connectivity index (χ1v) is 7.17. The van der Waals surface area contributed by atoms with E-state index in [1.165, 1.54) is 6.92 Å². The molecule has 2 amide bonds. The maximum absolute atomic E-state index is 12.3. The standard InChI is InChI=1S/C14H22N4O3/c1-10-7-15-18(8-10)9-14(21)17-5-3-12(16-11(2)19)13(20)4-6-17/h7-8,12-13,20H,3-6,9H2,1-2H3,(H,16,19)/t12-,13-/m0/s1. The van der Waals surface area contributed by atoms with E-state index >= 15 is 0 Å². The van der Waals surface area contributed by atoms with Crippen molar-refractivity contribution in [3.63, 3.8) is 0 Å². The summed E-state index contributed by atoms with van der Waals surface area (Å²) < 4.78 is 1.62. The topological polar surface area (TPSA) is 87.5 Å². The number of aliphatic hydroxyl groups excluding tert-OH is 1. The molecule has 7 heteroatoms. The zero-order valence-electron chi connectivity index (χ0n) is 12.5. The predicted octanol–water partition coefficient (Wildman–Crippen LogP) is -0.320. The van der Waals surface area contributed by atoms with Gasteiger partial charge in [0.15, 0.2) is 0 Å². The molecule has 0 spiro atoms. The summed E-state index contributed by atoms with van der Waals surface area (Å²) in [5.41, 5.74) is 1.01. The molecule has 7 nitrogen and oxygen atoms in total. The molecular formula is C14H22N4O3. The molecule has 0 bridgehead atoms. The second-order valence-corrected chi connectivity index (χ2v) is 5.55. The highest BCUT2D eigenvalue weighted by molar-refractivity contribution is 5.76. The number of aliphatic hydroxyl groups is 1. The van der Waals surface area contributed by atoms with Gasteiger partial charge in [0.05, 0.1) is 18.3 Å². The van der Waals surface area contributed by atoms with Crippen molar-refractivity contribution in [2.45, 2.75) is 45.4 Å². The summed E-state index contributed by atoms with van der Waals surface area (Å²) >= 11 is 0. The van der Waals surface area contributed by atoms with Gasteiger partial charge in [-0.05, 0) is 25.3 Å². The fraction of sp³-hybridized carbons (Fsp3) is 0.643. The van der Waals surface area contributed by atoms with Crippen molar-refractivity contribution in [2.75, 3.05) is 13.1 Å². The Morgan fingerprint density at radius 2 is 2.14 bits per heavy atom. The van der Waals surface area contributed by atoms with Crippen LogP contribution in [0.3, 0.4) is 0 Å². The molecule has 0 aromatic carbocycles. The number of nitrogens with one attached hydrogen (secondary N) is 1. The monoisotopic (exact) mass is 294 g/mol. The van der Waals surface area contributed by atoms with E-state index in [2.05, 4.69) is 10.4 Å². The van der Waals surface area contributed by atoms with Crippen LogP contribution in [0.1, 0.15) is 25.3 Å². The fourth-order valence-electron chi connectivity index (χ4n) is 2.56. The van der Waals surface area contributed by atoms with E-state index in [0.717, 1.165) is 5.56 Å². The van der Waals surface area contributed by atoms with Gasteiger partial charge in [-0.3, -0.25) is 14.3 Å². The number of aromatic nitrogens is 2. The quantitative estimate of drug-likeness (QED) is 0.800. The van der Waals surface area contributed by atoms with E-state index in [-0.39, 0.29) is 24.4 Å². The van der Waals surface area contributed by atoms with Crippen LogP contribution in [-0.2, 0) is 16.1 Å². The number of aryl methyl sites for hydroxylation is 1. The van der Waals surface area contributed by atoms with Gasteiger partial charge in [-0.2, -0.15) is 5.10 Å². The molecule has 1 fully saturated rings. The minimum Gasteiger partial charge on any atom is -0.391 e. The molecule has 1 saturated heterocycles. The first-order chi connectivity index (χ1) is 9.95. The number of nitrogens with zero attached hydrogens (tertiary/aromatic N) is 3. The molecule has 0 aliphatic carbocycles. The molecule has 2 rings (SSSR count). The summed E-state index contributed by atoms with van der Waals surface area (Å²) in [6.45, 7) is 4.58. The smallest absolute Gasteiger partial charge is 0.244 e. The van der Waals surface area contributed by atoms with E-state index < -0.39 is 6.10 Å². The lowest BCUT2D eigenvalue weighted by atomic mass is 10.1. The van der Waals surface area contributed by atoms with Gasteiger partial charge >= 0.3 is 0 Å². The van der Waals surface area contributed by atoms with Crippen molar-refractivity contribution >= 4 is 11.8 Å². The van der Waals surface area contributed by atoms with Gasteiger partial charge in [0.2, 0.25) is 11.8 Å². The Balaban J connectivity index is 1.92. The molecule has 21 heavy (non-hydrogen) atoms. The molecule has 1 aromatic heterocycles. The minimum atomic E-state index is -0.612. The SMILES string of the molecule is CC(=O)N[C@H]1CCN(C(=O)Cn2cc(C)cn2)CC[C@@H]1O. The second-order valence-electron chi connectivity index (χ2n) is 5.55. The summed E-state index contributed by atoms with van der Waals surface area (Å²) in [5.74, 6) is -0.181. The van der Waals surface area contributed by atoms with Crippen molar-refractivity contribution in [3.8, 4) is 0 Å². The van der Waals surface area contributed by atoms with Crippen molar-refractivity contribution in [3.05, 3.63) is 18.0 Å². The van der Waals surface area contributed by atoms with Gasteiger partial charge in [0.1, 0.15) is 6.54 Å².